The number of hydrogen-bond acceptors (Lipinski definition) is 0. The van der Waals surface area contributed by atoms with Gasteiger partial charge in [0.05, 0.1) is 26.2 Å². The first-order valence-corrected chi connectivity index (χ1v) is 12.2. The van der Waals surface area contributed by atoms with Crippen molar-refractivity contribution in [1.29, 1.82) is 0 Å². The van der Waals surface area contributed by atoms with E-state index in [9.17, 15) is 0 Å². The van der Waals surface area contributed by atoms with Gasteiger partial charge in [0.1, 0.15) is 0 Å². The zero-order valence-corrected chi connectivity index (χ0v) is 16.5. The maximum atomic E-state index is 3.17. The van der Waals surface area contributed by atoms with Gasteiger partial charge < -0.3 is 21.5 Å². The van der Waals surface area contributed by atoms with E-state index in [1.165, 1.54) is 30.7 Å². The standard InChI is InChI=1S/C8H20N.4BrH.Co/c1-5-9(6-2,7-3)8-4;;;;;/h5-8H2,1-4H3;4*1H;/q+1;;;;;+3/p-4. The second kappa shape index (κ2) is 13.5. The summed E-state index contributed by atoms with van der Waals surface area (Å²) in [5.74, 6) is 0. The second-order valence-corrected chi connectivity index (χ2v) is 18.5. The van der Waals surface area contributed by atoms with Gasteiger partial charge in [0.2, 0.25) is 0 Å². The van der Waals surface area contributed by atoms with Gasteiger partial charge >= 0.3 is 50.8 Å². The van der Waals surface area contributed by atoms with Crippen molar-refractivity contribution in [2.24, 2.45) is 0 Å². The molecule has 0 saturated heterocycles. The minimum atomic E-state index is -0.167. The van der Waals surface area contributed by atoms with Crippen LogP contribution in [0, 0.1) is 0 Å². The van der Waals surface area contributed by atoms with E-state index < -0.39 is 0 Å². The molecule has 0 bridgehead atoms. The summed E-state index contributed by atoms with van der Waals surface area (Å²) in [5.41, 5.74) is 0. The molecule has 0 aliphatic rings. The van der Waals surface area contributed by atoms with Gasteiger partial charge in [0.15, 0.2) is 0 Å². The molecule has 0 saturated carbocycles. The molecule has 94 valence electrons. The van der Waals surface area contributed by atoms with Crippen molar-refractivity contribution in [3.8, 4) is 0 Å². The Balaban J connectivity index is -0.000000209. The van der Waals surface area contributed by atoms with Gasteiger partial charge in [-0.05, 0) is 27.7 Å². The first-order valence-electron chi connectivity index (χ1n) is 4.47. The van der Waals surface area contributed by atoms with Crippen LogP contribution in [0.5, 0.6) is 0 Å². The molecule has 0 radical (unpaired) electrons. The summed E-state index contributed by atoms with van der Waals surface area (Å²) in [6.07, 6.45) is 0. The maximum absolute atomic E-state index is 3.17. The molecule has 0 aliphatic heterocycles. The van der Waals surface area contributed by atoms with Crippen LogP contribution in [0.4, 0.5) is 0 Å². The zero-order chi connectivity index (χ0) is 10.9. The van der Waals surface area contributed by atoms with Gasteiger partial charge in [-0.1, -0.05) is 0 Å². The fourth-order valence-corrected chi connectivity index (χ4v) is 1.34. The van der Waals surface area contributed by atoms with Crippen LogP contribution in [0.15, 0.2) is 0 Å². The SMILES string of the molecule is CC[N+](CC)(CC)CC.[Br-].[Br][Co]([Br])[Br]. The van der Waals surface area contributed by atoms with E-state index in [-0.39, 0.29) is 25.3 Å². The summed E-state index contributed by atoms with van der Waals surface area (Å²) < 4.78 is 1.28. The Bertz CT molecular complexity index is 89.2. The Morgan fingerprint density at radius 1 is 0.786 bits per heavy atom. The van der Waals surface area contributed by atoms with E-state index >= 15 is 0 Å². The number of halogens is 4. The number of hydrogen-bond donors (Lipinski definition) is 0. The van der Waals surface area contributed by atoms with Crippen LogP contribution in [0.2, 0.25) is 0 Å². The average Bonchev–Trinajstić information content (AvgIpc) is 2.09. The van der Waals surface area contributed by atoms with Crippen molar-refractivity contribution in [1.82, 2.24) is 0 Å². The van der Waals surface area contributed by atoms with Gasteiger partial charge in [0, 0.05) is 0 Å². The predicted molar refractivity (Wildman–Crippen MR) is 69.2 cm³/mol. The van der Waals surface area contributed by atoms with Crippen LogP contribution in [0.3, 0.4) is 0 Å². The summed E-state index contributed by atoms with van der Waals surface area (Å²) in [7, 11) is -0.167. The Labute approximate surface area is 125 Å². The molecule has 0 rings (SSSR count). The molecule has 0 aliphatic carbocycles. The van der Waals surface area contributed by atoms with Crippen molar-refractivity contribution >= 4 is 42.5 Å². The Kier molecular flexibility index (Phi) is 20.8. The van der Waals surface area contributed by atoms with Crippen molar-refractivity contribution in [2.45, 2.75) is 27.7 Å². The van der Waals surface area contributed by atoms with Gasteiger partial charge in [-0.3, -0.25) is 0 Å². The van der Waals surface area contributed by atoms with Crippen LogP contribution < -0.4 is 17.0 Å². The number of nitrogens with zero attached hydrogens (tertiary/aromatic N) is 1. The van der Waals surface area contributed by atoms with Crippen LogP contribution in [-0.4, -0.2) is 30.7 Å². The Hall–Kier alpha value is 2.39. The topological polar surface area (TPSA) is 0 Å². The molecule has 0 fully saturated rings. The molecule has 1 nitrogen and oxygen atoms in total. The molecule has 0 aromatic carbocycles. The van der Waals surface area contributed by atoms with E-state index in [0.717, 1.165) is 0 Å². The van der Waals surface area contributed by atoms with E-state index in [2.05, 4.69) is 70.2 Å². The summed E-state index contributed by atoms with van der Waals surface area (Å²) >= 11 is 9.50. The average molecular weight is 509 g/mol. The molecule has 0 N–H and O–H groups in total. The zero-order valence-electron chi connectivity index (χ0n) is 9.12. The molecule has 0 spiro atoms. The monoisotopic (exact) mass is 505 g/mol. The van der Waals surface area contributed by atoms with Crippen molar-refractivity contribution < 1.29 is 29.8 Å². The summed E-state index contributed by atoms with van der Waals surface area (Å²) in [6, 6.07) is 0. The molecule has 0 heterocycles. The van der Waals surface area contributed by atoms with E-state index in [4.69, 9.17) is 0 Å². The van der Waals surface area contributed by atoms with Gasteiger partial charge in [-0.25, -0.2) is 0 Å². The van der Waals surface area contributed by atoms with E-state index in [0.29, 0.717) is 0 Å². The quantitative estimate of drug-likeness (QED) is 0.504. The molecular formula is C8H20Br4CoN. The fraction of sp³-hybridized carbons (Fsp3) is 1.00. The first kappa shape index (κ1) is 21.6. The molecule has 0 aromatic heterocycles. The van der Waals surface area contributed by atoms with Gasteiger partial charge in [-0.2, -0.15) is 0 Å². The van der Waals surface area contributed by atoms with E-state index in [1.807, 2.05) is 0 Å². The molecular weight excluding hydrogens is 489 g/mol. The van der Waals surface area contributed by atoms with Crippen molar-refractivity contribution in [2.75, 3.05) is 26.2 Å². The predicted octanol–water partition coefficient (Wildman–Crippen LogP) is 1.42. The molecule has 14 heavy (non-hydrogen) atoms. The van der Waals surface area contributed by atoms with Crippen LogP contribution in [0.1, 0.15) is 27.7 Å². The Morgan fingerprint density at radius 3 is 0.929 bits per heavy atom. The third-order valence-corrected chi connectivity index (χ3v) is 2.68. The van der Waals surface area contributed by atoms with Crippen molar-refractivity contribution in [3.63, 3.8) is 0 Å². The van der Waals surface area contributed by atoms with Crippen LogP contribution in [0.25, 0.3) is 0 Å². The van der Waals surface area contributed by atoms with Crippen LogP contribution in [-0.2, 0) is 8.29 Å². The summed E-state index contributed by atoms with van der Waals surface area (Å²) in [5, 5.41) is 0. The molecule has 0 aromatic rings. The number of rotatable bonds is 4. The molecule has 0 unspecified atom stereocenters. The van der Waals surface area contributed by atoms with Crippen LogP contribution >= 0.6 is 42.5 Å². The van der Waals surface area contributed by atoms with Crippen molar-refractivity contribution in [3.05, 3.63) is 0 Å². The van der Waals surface area contributed by atoms with Gasteiger partial charge in [-0.15, -0.1) is 0 Å². The normalized spacial score (nSPS) is 10.9. The summed E-state index contributed by atoms with van der Waals surface area (Å²) in [4.78, 5) is 0. The third kappa shape index (κ3) is 12.5. The Morgan fingerprint density at radius 2 is 0.929 bits per heavy atom. The first-order chi connectivity index (χ1) is 5.97. The van der Waals surface area contributed by atoms with E-state index in [1.54, 1.807) is 0 Å². The van der Waals surface area contributed by atoms with Gasteiger partial charge in [0.25, 0.3) is 0 Å². The molecule has 6 heteroatoms. The minimum absolute atomic E-state index is 0. The number of quaternary nitrogens is 1. The molecule has 0 atom stereocenters. The third-order valence-electron chi connectivity index (χ3n) is 2.68. The summed E-state index contributed by atoms with van der Waals surface area (Å²) in [6.45, 7) is 14.2. The fourth-order valence-electron chi connectivity index (χ4n) is 1.34. The second-order valence-electron chi connectivity index (χ2n) is 2.75. The molecule has 0 amide bonds.